The lowest BCUT2D eigenvalue weighted by Gasteiger charge is -2.09. The number of methoxy groups -OCH3 is 1. The van der Waals surface area contributed by atoms with E-state index in [1.54, 1.807) is 50.4 Å². The molecule has 4 rings (SSSR count). The van der Waals surface area contributed by atoms with Crippen molar-refractivity contribution in [1.29, 1.82) is 0 Å². The summed E-state index contributed by atoms with van der Waals surface area (Å²) in [5.74, 6) is 0.679. The van der Waals surface area contributed by atoms with E-state index in [1.165, 1.54) is 9.13 Å². The molecule has 0 fully saturated rings. The Balaban J connectivity index is 1.51. The van der Waals surface area contributed by atoms with Gasteiger partial charge in [-0.3, -0.25) is 18.7 Å². The first kappa shape index (κ1) is 25.4. The highest BCUT2D eigenvalue weighted by molar-refractivity contribution is 9.10. The van der Waals surface area contributed by atoms with Crippen LogP contribution in [0.15, 0.2) is 62.6 Å². The number of fused-ring (bicyclic) bond motifs is 1. The summed E-state index contributed by atoms with van der Waals surface area (Å²) < 4.78 is 14.3. The monoisotopic (exact) mass is 555 g/mol. The van der Waals surface area contributed by atoms with Gasteiger partial charge in [0.2, 0.25) is 0 Å². The molecule has 2 heterocycles. The highest BCUT2D eigenvalue weighted by Gasteiger charge is 2.17. The minimum absolute atomic E-state index is 0.148. The maximum Gasteiger partial charge on any atom is 0.332 e. The number of carbonyl (C=O) groups is 1. The van der Waals surface area contributed by atoms with Crippen molar-refractivity contribution in [2.45, 2.75) is 26.4 Å². The van der Waals surface area contributed by atoms with Crippen molar-refractivity contribution in [3.05, 3.63) is 73.8 Å². The Morgan fingerprint density at radius 2 is 1.81 bits per heavy atom. The molecule has 11 heteroatoms. The first-order chi connectivity index (χ1) is 17.4. The lowest BCUT2D eigenvalue weighted by molar-refractivity contribution is -0.118. The number of aryl methyl sites for hydroxylation is 1. The predicted octanol–water partition coefficient (Wildman–Crippen LogP) is 3.39. The highest BCUT2D eigenvalue weighted by Crippen LogP contribution is 2.22. The van der Waals surface area contributed by atoms with Crippen LogP contribution >= 0.6 is 15.9 Å². The molecule has 2 aromatic heterocycles. The standard InChI is InChI=1S/C25H26BrN5O5/c1-3-30-24(33)21-23(31(25(30)34)13-4-14-35-2)29-22(28-21)16-5-11-19(12-6-16)36-15-20(32)27-18-9-7-17(26)8-10-18/h5-12H,3-4,13-15H2,1-2H3,(H,27,32)(H,28,29). The second kappa shape index (κ2) is 11.4. The Labute approximate surface area is 215 Å². The molecule has 0 spiro atoms. The Kier molecular flexibility index (Phi) is 8.01. The number of halogens is 1. The van der Waals surface area contributed by atoms with Crippen LogP contribution in [0.1, 0.15) is 13.3 Å². The Morgan fingerprint density at radius 1 is 1.08 bits per heavy atom. The topological polar surface area (TPSA) is 120 Å². The van der Waals surface area contributed by atoms with E-state index in [4.69, 9.17) is 9.47 Å². The Hall–Kier alpha value is -3.70. The molecular weight excluding hydrogens is 530 g/mol. The largest absolute Gasteiger partial charge is 0.484 e. The van der Waals surface area contributed by atoms with E-state index in [1.807, 2.05) is 12.1 Å². The van der Waals surface area contributed by atoms with Crippen LogP contribution < -0.4 is 21.3 Å². The number of ether oxygens (including phenoxy) is 2. The normalized spacial score (nSPS) is 11.1. The lowest BCUT2D eigenvalue weighted by Crippen LogP contribution is -2.39. The van der Waals surface area contributed by atoms with Crippen LogP contribution in [0.3, 0.4) is 0 Å². The van der Waals surface area contributed by atoms with Gasteiger partial charge in [0.05, 0.1) is 0 Å². The van der Waals surface area contributed by atoms with E-state index >= 15 is 0 Å². The van der Waals surface area contributed by atoms with Gasteiger partial charge in [-0.25, -0.2) is 9.78 Å². The molecule has 0 bridgehead atoms. The minimum Gasteiger partial charge on any atom is -0.484 e. The van der Waals surface area contributed by atoms with E-state index in [-0.39, 0.29) is 24.6 Å². The van der Waals surface area contributed by atoms with Crippen LogP contribution in [-0.2, 0) is 22.6 Å². The van der Waals surface area contributed by atoms with Crippen molar-refractivity contribution in [2.75, 3.05) is 25.6 Å². The number of aromatic amines is 1. The number of anilines is 1. The zero-order valence-corrected chi connectivity index (χ0v) is 21.5. The fraction of sp³-hybridized carbons (Fsp3) is 0.280. The van der Waals surface area contributed by atoms with Crippen molar-refractivity contribution < 1.29 is 14.3 Å². The number of H-pyrrole nitrogens is 1. The molecule has 10 nitrogen and oxygen atoms in total. The molecule has 0 aliphatic heterocycles. The van der Waals surface area contributed by atoms with Gasteiger partial charge in [-0.05, 0) is 61.9 Å². The second-order valence-electron chi connectivity index (χ2n) is 7.98. The quantitative estimate of drug-likeness (QED) is 0.289. The summed E-state index contributed by atoms with van der Waals surface area (Å²) in [4.78, 5) is 45.5. The van der Waals surface area contributed by atoms with E-state index in [0.717, 1.165) is 4.47 Å². The van der Waals surface area contributed by atoms with Crippen molar-refractivity contribution in [3.63, 3.8) is 0 Å². The van der Waals surface area contributed by atoms with E-state index < -0.39 is 11.2 Å². The number of imidazole rings is 1. The molecule has 2 aromatic carbocycles. The van der Waals surface area contributed by atoms with Gasteiger partial charge in [0.1, 0.15) is 17.1 Å². The van der Waals surface area contributed by atoms with Gasteiger partial charge in [-0.2, -0.15) is 0 Å². The summed E-state index contributed by atoms with van der Waals surface area (Å²) in [6, 6.07) is 14.2. The number of nitrogens with zero attached hydrogens (tertiary/aromatic N) is 3. The third-order valence-electron chi connectivity index (χ3n) is 5.53. The van der Waals surface area contributed by atoms with Gasteiger partial charge < -0.3 is 19.8 Å². The predicted molar refractivity (Wildman–Crippen MR) is 140 cm³/mol. The number of aromatic nitrogens is 4. The highest BCUT2D eigenvalue weighted by atomic mass is 79.9. The van der Waals surface area contributed by atoms with Gasteiger partial charge >= 0.3 is 5.69 Å². The maximum atomic E-state index is 12.9. The molecule has 0 saturated carbocycles. The smallest absolute Gasteiger partial charge is 0.332 e. The fourth-order valence-corrected chi connectivity index (χ4v) is 4.00. The molecule has 0 radical (unpaired) electrons. The average molecular weight is 556 g/mol. The number of carbonyl (C=O) groups excluding carboxylic acids is 1. The lowest BCUT2D eigenvalue weighted by atomic mass is 10.2. The second-order valence-corrected chi connectivity index (χ2v) is 8.90. The maximum absolute atomic E-state index is 12.9. The van der Waals surface area contributed by atoms with Crippen LogP contribution in [0, 0.1) is 0 Å². The zero-order chi connectivity index (χ0) is 25.7. The summed E-state index contributed by atoms with van der Waals surface area (Å²) in [5, 5.41) is 2.77. The van der Waals surface area contributed by atoms with E-state index in [9.17, 15) is 14.4 Å². The van der Waals surface area contributed by atoms with Crippen LogP contribution in [0.4, 0.5) is 5.69 Å². The SMILES string of the molecule is CCn1c(=O)c2[nH]c(-c3ccc(OCC(=O)Nc4ccc(Br)cc4)cc3)nc2n(CCCOC)c1=O. The molecule has 0 unspecified atom stereocenters. The van der Waals surface area contributed by atoms with Gasteiger partial charge in [-0.15, -0.1) is 0 Å². The number of rotatable bonds is 10. The first-order valence-electron chi connectivity index (χ1n) is 11.4. The van der Waals surface area contributed by atoms with E-state index in [0.29, 0.717) is 48.0 Å². The minimum atomic E-state index is -0.406. The number of benzene rings is 2. The summed E-state index contributed by atoms with van der Waals surface area (Å²) in [6.07, 6.45) is 0.608. The van der Waals surface area contributed by atoms with Gasteiger partial charge in [0, 0.05) is 42.5 Å². The van der Waals surface area contributed by atoms with Gasteiger partial charge in [-0.1, -0.05) is 15.9 Å². The molecule has 4 aromatic rings. The number of hydrogen-bond donors (Lipinski definition) is 2. The average Bonchev–Trinajstić information content (AvgIpc) is 3.32. The molecule has 0 atom stereocenters. The molecule has 188 valence electrons. The van der Waals surface area contributed by atoms with Crippen LogP contribution in [-0.4, -0.2) is 45.3 Å². The van der Waals surface area contributed by atoms with Crippen molar-refractivity contribution in [3.8, 4) is 17.1 Å². The molecule has 1 amide bonds. The first-order valence-corrected chi connectivity index (χ1v) is 12.2. The van der Waals surface area contributed by atoms with Crippen LogP contribution in [0.2, 0.25) is 0 Å². The zero-order valence-electron chi connectivity index (χ0n) is 19.9. The van der Waals surface area contributed by atoms with Crippen LogP contribution in [0.5, 0.6) is 5.75 Å². The van der Waals surface area contributed by atoms with Crippen molar-refractivity contribution in [1.82, 2.24) is 19.1 Å². The van der Waals surface area contributed by atoms with Gasteiger partial charge in [0.15, 0.2) is 12.3 Å². The summed E-state index contributed by atoms with van der Waals surface area (Å²) in [5.41, 5.74) is 1.16. The third-order valence-corrected chi connectivity index (χ3v) is 6.06. The molecule has 36 heavy (non-hydrogen) atoms. The third kappa shape index (κ3) is 5.58. The summed E-state index contributed by atoms with van der Waals surface area (Å²) in [6.45, 7) is 2.73. The number of amides is 1. The van der Waals surface area contributed by atoms with Crippen LogP contribution in [0.25, 0.3) is 22.6 Å². The molecule has 0 aliphatic carbocycles. The molecule has 2 N–H and O–H groups in total. The van der Waals surface area contributed by atoms with Gasteiger partial charge in [0.25, 0.3) is 11.5 Å². The Morgan fingerprint density at radius 3 is 2.47 bits per heavy atom. The molecule has 0 saturated heterocycles. The molecule has 0 aliphatic rings. The number of hydrogen-bond acceptors (Lipinski definition) is 6. The van der Waals surface area contributed by atoms with E-state index in [2.05, 4.69) is 31.2 Å². The van der Waals surface area contributed by atoms with Crippen molar-refractivity contribution >= 4 is 38.7 Å². The Bertz CT molecular complexity index is 1470. The fourth-order valence-electron chi connectivity index (χ4n) is 3.74. The van der Waals surface area contributed by atoms with Crippen molar-refractivity contribution in [2.24, 2.45) is 0 Å². The summed E-state index contributed by atoms with van der Waals surface area (Å²) in [7, 11) is 1.60. The summed E-state index contributed by atoms with van der Waals surface area (Å²) >= 11 is 3.35. The number of nitrogens with one attached hydrogen (secondary N) is 2. The molecular formula is C25H26BrN5O5.